The second-order valence-electron chi connectivity index (χ2n) is 6.25. The van der Waals surface area contributed by atoms with Gasteiger partial charge in [-0.1, -0.05) is 12.1 Å². The van der Waals surface area contributed by atoms with Crippen molar-refractivity contribution in [3.8, 4) is 28.4 Å². The normalized spacial score (nSPS) is 22.2. The average molecular weight is 322 g/mol. The molecular weight excluding hydrogens is 306 g/mol. The van der Waals surface area contributed by atoms with Gasteiger partial charge in [0, 0.05) is 16.7 Å². The van der Waals surface area contributed by atoms with Crippen molar-refractivity contribution < 1.29 is 23.9 Å². The molecule has 24 heavy (non-hydrogen) atoms. The molecule has 2 unspecified atom stereocenters. The molecule has 0 bridgehead atoms. The first-order chi connectivity index (χ1) is 11.7. The summed E-state index contributed by atoms with van der Waals surface area (Å²) in [6, 6.07) is 7.37. The van der Waals surface area contributed by atoms with Crippen molar-refractivity contribution >= 4 is 11.9 Å². The fraction of sp³-hybridized carbons (Fsp3) is 0.211. The smallest absolute Gasteiger partial charge is 0.231 e. The molecule has 0 saturated carbocycles. The van der Waals surface area contributed by atoms with Crippen LogP contribution in [0.1, 0.15) is 27.5 Å². The summed E-state index contributed by atoms with van der Waals surface area (Å²) < 4.78 is 16.8. The molecule has 2 aliphatic heterocycles. The van der Waals surface area contributed by atoms with E-state index in [4.69, 9.17) is 14.2 Å². The van der Waals surface area contributed by atoms with E-state index in [-0.39, 0.29) is 18.6 Å². The number of fused-ring (bicyclic) bond motifs is 4. The molecule has 2 atom stereocenters. The molecule has 1 N–H and O–H groups in total. The highest BCUT2D eigenvalue weighted by Gasteiger charge is 2.45. The zero-order chi connectivity index (χ0) is 16.4. The van der Waals surface area contributed by atoms with Gasteiger partial charge in [0.2, 0.25) is 12.6 Å². The first-order valence-corrected chi connectivity index (χ1v) is 7.90. The van der Waals surface area contributed by atoms with Gasteiger partial charge in [0.05, 0.1) is 25.9 Å². The van der Waals surface area contributed by atoms with Gasteiger partial charge < -0.3 is 14.2 Å². The van der Waals surface area contributed by atoms with Gasteiger partial charge in [-0.15, -0.1) is 0 Å². The van der Waals surface area contributed by atoms with Crippen molar-refractivity contribution in [2.75, 3.05) is 21.0 Å². The molecule has 5 rings (SSSR count). The lowest BCUT2D eigenvalue weighted by Crippen LogP contribution is -3.06. The number of Topliss-reactive ketones (excluding diaryl/α,β-unsaturated/α-hetero) is 1. The molecule has 2 heterocycles. The van der Waals surface area contributed by atoms with Crippen molar-refractivity contribution in [1.29, 1.82) is 0 Å². The maximum Gasteiger partial charge on any atom is 0.231 e. The number of likely N-dealkylation sites (N-methyl/N-ethyl adjacent to an activating group) is 1. The van der Waals surface area contributed by atoms with Gasteiger partial charge in [-0.25, -0.2) is 0 Å². The molecule has 2 aromatic carbocycles. The lowest BCUT2D eigenvalue weighted by atomic mass is 9.77. The first-order valence-electron chi connectivity index (χ1n) is 7.90. The number of ether oxygens (including phenoxy) is 3. The number of rotatable bonds is 1. The van der Waals surface area contributed by atoms with E-state index in [1.807, 2.05) is 43.6 Å². The van der Waals surface area contributed by atoms with Gasteiger partial charge in [-0.3, -0.25) is 9.69 Å². The van der Waals surface area contributed by atoms with E-state index in [9.17, 15) is 4.79 Å². The minimum absolute atomic E-state index is 0.0805. The second kappa shape index (κ2) is 4.61. The summed E-state index contributed by atoms with van der Waals surface area (Å²) in [5, 5.41) is 0. The Morgan fingerprint density at radius 1 is 1.25 bits per heavy atom. The number of carbonyl (C=O) groups excluding carboxylic acids is 1. The highest BCUT2D eigenvalue weighted by molar-refractivity contribution is 6.13. The maximum atomic E-state index is 13.3. The van der Waals surface area contributed by atoms with E-state index in [2.05, 4.69) is 0 Å². The lowest BCUT2D eigenvalue weighted by Gasteiger charge is -2.33. The number of benzene rings is 2. The Kier molecular flexibility index (Phi) is 2.62. The summed E-state index contributed by atoms with van der Waals surface area (Å²) >= 11 is 0. The number of methoxy groups -OCH3 is 1. The van der Waals surface area contributed by atoms with Crippen molar-refractivity contribution in [3.05, 3.63) is 47.2 Å². The summed E-state index contributed by atoms with van der Waals surface area (Å²) in [5.74, 6) is 2.14. The summed E-state index contributed by atoms with van der Waals surface area (Å²) in [4.78, 5) is 14.3. The lowest BCUT2D eigenvalue weighted by molar-refractivity contribution is -0.848. The zero-order valence-electron chi connectivity index (χ0n) is 13.4. The molecule has 5 nitrogen and oxygen atoms in total. The molecule has 3 aliphatic rings. The van der Waals surface area contributed by atoms with E-state index in [1.165, 1.54) is 0 Å². The molecule has 0 spiro atoms. The van der Waals surface area contributed by atoms with Crippen LogP contribution in [0.15, 0.2) is 30.5 Å². The summed E-state index contributed by atoms with van der Waals surface area (Å²) in [6.45, 7) is 0.204. The largest absolute Gasteiger partial charge is 0.496 e. The van der Waals surface area contributed by atoms with Gasteiger partial charge in [-0.05, 0) is 23.8 Å². The zero-order valence-corrected chi connectivity index (χ0v) is 13.4. The van der Waals surface area contributed by atoms with Crippen LogP contribution < -0.4 is 19.1 Å². The number of quaternary nitrogens is 1. The molecule has 0 radical (unpaired) electrons. The molecular formula is C19H16NO4+. The van der Waals surface area contributed by atoms with Gasteiger partial charge in [-0.2, -0.15) is 0 Å². The van der Waals surface area contributed by atoms with Crippen molar-refractivity contribution in [1.82, 2.24) is 0 Å². The van der Waals surface area contributed by atoms with Crippen LogP contribution in [-0.4, -0.2) is 26.7 Å². The quantitative estimate of drug-likeness (QED) is 0.870. The molecule has 0 aromatic heterocycles. The topological polar surface area (TPSA) is 49.2 Å². The highest BCUT2D eigenvalue weighted by atomic mass is 16.7. The van der Waals surface area contributed by atoms with Crippen LogP contribution in [0.3, 0.4) is 0 Å². The van der Waals surface area contributed by atoms with Gasteiger partial charge >= 0.3 is 0 Å². The van der Waals surface area contributed by atoms with Crippen LogP contribution in [0.25, 0.3) is 17.2 Å². The summed E-state index contributed by atoms with van der Waals surface area (Å²) in [7, 11) is 3.59. The van der Waals surface area contributed by atoms with Crippen LogP contribution in [0.2, 0.25) is 0 Å². The monoisotopic (exact) mass is 322 g/mol. The van der Waals surface area contributed by atoms with Crippen LogP contribution in [0.4, 0.5) is 0 Å². The van der Waals surface area contributed by atoms with Crippen LogP contribution in [0.5, 0.6) is 17.2 Å². The Morgan fingerprint density at radius 3 is 2.96 bits per heavy atom. The number of ketones is 1. The Morgan fingerprint density at radius 2 is 2.12 bits per heavy atom. The second-order valence-corrected chi connectivity index (χ2v) is 6.25. The Labute approximate surface area is 139 Å². The number of hydrogen-bond acceptors (Lipinski definition) is 4. The molecule has 0 fully saturated rings. The van der Waals surface area contributed by atoms with E-state index in [0.29, 0.717) is 11.3 Å². The molecule has 1 aliphatic carbocycles. The number of hydrogen-bond donors (Lipinski definition) is 1. The fourth-order valence-corrected chi connectivity index (χ4v) is 3.98. The van der Waals surface area contributed by atoms with E-state index < -0.39 is 0 Å². The molecule has 120 valence electrons. The SMILES string of the molecule is COc1cccc2c1C(=O)C1c3c(cc4c(c3-2)OCO4)C=C[NH+]1C. The third-order valence-corrected chi connectivity index (χ3v) is 5.03. The Bertz CT molecular complexity index is 931. The van der Waals surface area contributed by atoms with E-state index in [0.717, 1.165) is 38.7 Å². The maximum absolute atomic E-state index is 13.3. The van der Waals surface area contributed by atoms with Crippen molar-refractivity contribution in [3.63, 3.8) is 0 Å². The predicted molar refractivity (Wildman–Crippen MR) is 87.5 cm³/mol. The Balaban J connectivity index is 1.94. The summed E-state index contributed by atoms with van der Waals surface area (Å²) in [5.41, 5.74) is 4.48. The molecule has 0 amide bonds. The minimum Gasteiger partial charge on any atom is -0.496 e. The Hall–Kier alpha value is -2.79. The van der Waals surface area contributed by atoms with Crippen LogP contribution in [0, 0.1) is 0 Å². The van der Waals surface area contributed by atoms with Crippen molar-refractivity contribution in [2.45, 2.75) is 6.04 Å². The first kappa shape index (κ1) is 13.6. The predicted octanol–water partition coefficient (Wildman–Crippen LogP) is 1.83. The summed E-state index contributed by atoms with van der Waals surface area (Å²) in [6.07, 6.45) is 4.06. The van der Waals surface area contributed by atoms with E-state index >= 15 is 0 Å². The molecule has 2 aromatic rings. The van der Waals surface area contributed by atoms with Crippen LogP contribution in [-0.2, 0) is 0 Å². The van der Waals surface area contributed by atoms with Crippen molar-refractivity contribution in [2.24, 2.45) is 0 Å². The average Bonchev–Trinajstić information content (AvgIpc) is 3.06. The highest BCUT2D eigenvalue weighted by Crippen LogP contribution is 2.52. The van der Waals surface area contributed by atoms with Gasteiger partial charge in [0.15, 0.2) is 17.5 Å². The third kappa shape index (κ3) is 1.55. The van der Waals surface area contributed by atoms with Crippen LogP contribution >= 0.6 is 0 Å². The third-order valence-electron chi connectivity index (χ3n) is 5.03. The minimum atomic E-state index is -0.293. The van der Waals surface area contributed by atoms with Gasteiger partial charge in [0.25, 0.3) is 0 Å². The number of carbonyl (C=O) groups is 1. The molecule has 0 saturated heterocycles. The fourth-order valence-electron chi connectivity index (χ4n) is 3.98. The standard InChI is InChI=1S/C19H15NO4/c1-20-7-6-10-8-13-19(24-9-23-13)16-11-4-3-5-12(22-2)15(11)18(21)17(20)14(10)16/h3-8,17H,9H2,1-2H3/p+1. The molecule has 5 heteroatoms. The number of nitrogens with one attached hydrogen (secondary N) is 1. The van der Waals surface area contributed by atoms with E-state index in [1.54, 1.807) is 7.11 Å². The van der Waals surface area contributed by atoms with Gasteiger partial charge in [0.1, 0.15) is 5.75 Å².